The highest BCUT2D eigenvalue weighted by Crippen LogP contribution is 2.23. The molecule has 132 valence electrons. The van der Waals surface area contributed by atoms with Crippen LogP contribution in [0.1, 0.15) is 18.1 Å². The van der Waals surface area contributed by atoms with E-state index in [4.69, 9.17) is 10.5 Å². The Balaban J connectivity index is 0.00000312. The number of hydrogen-bond donors (Lipinski definition) is 2. The van der Waals surface area contributed by atoms with Crippen LogP contribution in [0.2, 0.25) is 0 Å². The predicted octanol–water partition coefficient (Wildman–Crippen LogP) is 3.28. The fourth-order valence-corrected chi connectivity index (χ4v) is 2.39. The zero-order chi connectivity index (χ0) is 17.4. The maximum absolute atomic E-state index is 9.19. The van der Waals surface area contributed by atoms with E-state index in [0.717, 1.165) is 16.7 Å². The van der Waals surface area contributed by atoms with E-state index in [1.165, 1.54) is 0 Å². The Bertz CT molecular complexity index is 738. The number of rotatable bonds is 6. The van der Waals surface area contributed by atoms with Gasteiger partial charge < -0.3 is 15.8 Å². The first kappa shape index (κ1) is 20.9. The minimum Gasteiger partial charge on any atom is -0.383 e. The molecule has 1 atom stereocenters. The molecule has 0 fully saturated rings. The fraction of sp³-hybridized carbons (Fsp3) is 0.263. The number of nitrogens with two attached hydrogens (primary N) is 1. The maximum Gasteiger partial charge on any atom is 0.189 e. The summed E-state index contributed by atoms with van der Waals surface area (Å²) >= 11 is 0. The molecular formula is C19H23IN4O. The van der Waals surface area contributed by atoms with Crippen LogP contribution in [-0.2, 0) is 11.3 Å². The van der Waals surface area contributed by atoms with Crippen molar-refractivity contribution in [2.75, 3.05) is 13.7 Å². The average Bonchev–Trinajstić information content (AvgIpc) is 2.60. The Morgan fingerprint density at radius 3 is 2.56 bits per heavy atom. The second-order valence-corrected chi connectivity index (χ2v) is 5.56. The van der Waals surface area contributed by atoms with Gasteiger partial charge in [0.15, 0.2) is 5.96 Å². The summed E-state index contributed by atoms with van der Waals surface area (Å²) in [5.41, 5.74) is 9.53. The van der Waals surface area contributed by atoms with Crippen LogP contribution in [0.3, 0.4) is 0 Å². The van der Waals surface area contributed by atoms with Gasteiger partial charge in [-0.15, -0.1) is 24.0 Å². The zero-order valence-corrected chi connectivity index (χ0v) is 16.7. The summed E-state index contributed by atoms with van der Waals surface area (Å²) in [6.45, 7) is 3.05. The fourth-order valence-electron chi connectivity index (χ4n) is 2.39. The molecule has 3 N–H and O–H groups in total. The molecular weight excluding hydrogens is 427 g/mol. The van der Waals surface area contributed by atoms with E-state index >= 15 is 0 Å². The first-order valence-electron chi connectivity index (χ1n) is 7.78. The lowest BCUT2D eigenvalue weighted by molar-refractivity contribution is 0.179. The number of hydrogen-bond acceptors (Lipinski definition) is 3. The molecule has 1 unspecified atom stereocenters. The van der Waals surface area contributed by atoms with Crippen molar-refractivity contribution in [3.05, 3.63) is 59.7 Å². The number of methoxy groups -OCH3 is 1. The number of aliphatic imine (C=N–C) groups is 1. The summed E-state index contributed by atoms with van der Waals surface area (Å²) in [4.78, 5) is 4.33. The standard InChI is InChI=1S/C19H22N4O.HI/c1-14(13-24-2)23-19(21)22-12-15-7-9-16(10-8-15)18-6-4-3-5-17(18)11-20;/h3-10,14H,12-13H2,1-2H3,(H3,21,22,23);1H. The van der Waals surface area contributed by atoms with Gasteiger partial charge in [0.25, 0.3) is 0 Å². The van der Waals surface area contributed by atoms with Crippen LogP contribution in [0, 0.1) is 11.3 Å². The molecule has 0 aliphatic heterocycles. The topological polar surface area (TPSA) is 83.4 Å². The van der Waals surface area contributed by atoms with Crippen molar-refractivity contribution >= 4 is 29.9 Å². The van der Waals surface area contributed by atoms with Gasteiger partial charge in [0.2, 0.25) is 0 Å². The molecule has 0 radical (unpaired) electrons. The molecule has 0 aromatic heterocycles. The van der Waals surface area contributed by atoms with E-state index in [1.54, 1.807) is 7.11 Å². The van der Waals surface area contributed by atoms with Crippen LogP contribution in [0.25, 0.3) is 11.1 Å². The summed E-state index contributed by atoms with van der Waals surface area (Å²) in [6.07, 6.45) is 0. The van der Waals surface area contributed by atoms with Gasteiger partial charge in [0.1, 0.15) is 0 Å². The first-order chi connectivity index (χ1) is 11.6. The number of nitrogens with zero attached hydrogens (tertiary/aromatic N) is 2. The van der Waals surface area contributed by atoms with Crippen LogP contribution in [-0.4, -0.2) is 25.7 Å². The highest BCUT2D eigenvalue weighted by atomic mass is 127. The Morgan fingerprint density at radius 1 is 1.24 bits per heavy atom. The van der Waals surface area contributed by atoms with Gasteiger partial charge in [-0.05, 0) is 29.7 Å². The summed E-state index contributed by atoms with van der Waals surface area (Å²) in [6, 6.07) is 17.9. The Morgan fingerprint density at radius 2 is 1.92 bits per heavy atom. The normalized spacial score (nSPS) is 12.0. The summed E-state index contributed by atoms with van der Waals surface area (Å²) in [5.74, 6) is 0.401. The number of benzene rings is 2. The van der Waals surface area contributed by atoms with Gasteiger partial charge in [-0.2, -0.15) is 5.26 Å². The lowest BCUT2D eigenvalue weighted by Crippen LogP contribution is -2.40. The SMILES string of the molecule is COCC(C)NC(N)=NCc1ccc(-c2ccccc2C#N)cc1.I. The second-order valence-electron chi connectivity index (χ2n) is 5.56. The molecule has 2 aromatic rings. The monoisotopic (exact) mass is 450 g/mol. The number of halogens is 1. The average molecular weight is 450 g/mol. The quantitative estimate of drug-likeness (QED) is 0.402. The van der Waals surface area contributed by atoms with E-state index < -0.39 is 0 Å². The molecule has 0 amide bonds. The third-order valence-corrected chi connectivity index (χ3v) is 3.56. The van der Waals surface area contributed by atoms with Crippen molar-refractivity contribution in [1.29, 1.82) is 5.26 Å². The van der Waals surface area contributed by atoms with Crippen LogP contribution in [0.15, 0.2) is 53.5 Å². The first-order valence-corrected chi connectivity index (χ1v) is 7.78. The summed E-state index contributed by atoms with van der Waals surface area (Å²) in [7, 11) is 1.65. The largest absolute Gasteiger partial charge is 0.383 e. The molecule has 2 aromatic carbocycles. The van der Waals surface area contributed by atoms with E-state index in [9.17, 15) is 5.26 Å². The summed E-state index contributed by atoms with van der Waals surface area (Å²) < 4.78 is 5.05. The van der Waals surface area contributed by atoms with Crippen molar-refractivity contribution in [3.8, 4) is 17.2 Å². The van der Waals surface area contributed by atoms with Crippen molar-refractivity contribution in [2.24, 2.45) is 10.7 Å². The molecule has 0 aliphatic rings. The molecule has 25 heavy (non-hydrogen) atoms. The zero-order valence-electron chi connectivity index (χ0n) is 14.4. The van der Waals surface area contributed by atoms with E-state index in [2.05, 4.69) is 16.4 Å². The number of ether oxygens (including phenoxy) is 1. The molecule has 0 spiro atoms. The minimum absolute atomic E-state index is 0. The van der Waals surface area contributed by atoms with Gasteiger partial charge in [0, 0.05) is 13.2 Å². The minimum atomic E-state index is 0. The Kier molecular flexibility index (Phi) is 8.95. The van der Waals surface area contributed by atoms with Crippen LogP contribution in [0.4, 0.5) is 0 Å². The van der Waals surface area contributed by atoms with E-state index in [1.807, 2.05) is 55.5 Å². The molecule has 5 nitrogen and oxygen atoms in total. The number of nitrogens with one attached hydrogen (secondary N) is 1. The van der Waals surface area contributed by atoms with Gasteiger partial charge in [0.05, 0.1) is 24.8 Å². The van der Waals surface area contributed by atoms with Crippen LogP contribution < -0.4 is 11.1 Å². The van der Waals surface area contributed by atoms with Crippen LogP contribution >= 0.6 is 24.0 Å². The highest BCUT2D eigenvalue weighted by Gasteiger charge is 2.04. The maximum atomic E-state index is 9.19. The van der Waals surface area contributed by atoms with Gasteiger partial charge in [-0.25, -0.2) is 4.99 Å². The molecule has 0 aliphatic carbocycles. The highest BCUT2D eigenvalue weighted by molar-refractivity contribution is 14.0. The molecule has 0 heterocycles. The Hall–Kier alpha value is -2.11. The van der Waals surface area contributed by atoms with Crippen molar-refractivity contribution in [2.45, 2.75) is 19.5 Å². The van der Waals surface area contributed by atoms with Gasteiger partial charge in [-0.3, -0.25) is 0 Å². The predicted molar refractivity (Wildman–Crippen MR) is 112 cm³/mol. The van der Waals surface area contributed by atoms with Crippen molar-refractivity contribution in [1.82, 2.24) is 5.32 Å². The van der Waals surface area contributed by atoms with Gasteiger partial charge >= 0.3 is 0 Å². The number of guanidine groups is 1. The molecule has 2 rings (SSSR count). The third-order valence-electron chi connectivity index (χ3n) is 3.56. The molecule has 6 heteroatoms. The second kappa shape index (κ2) is 10.7. The van der Waals surface area contributed by atoms with E-state index in [-0.39, 0.29) is 30.0 Å². The lowest BCUT2D eigenvalue weighted by atomic mass is 9.99. The smallest absolute Gasteiger partial charge is 0.189 e. The third kappa shape index (κ3) is 6.36. The van der Waals surface area contributed by atoms with Crippen molar-refractivity contribution in [3.63, 3.8) is 0 Å². The van der Waals surface area contributed by atoms with Gasteiger partial charge in [-0.1, -0.05) is 42.5 Å². The molecule has 0 saturated heterocycles. The Labute approximate surface area is 165 Å². The molecule has 0 saturated carbocycles. The lowest BCUT2D eigenvalue weighted by Gasteiger charge is -2.13. The summed E-state index contributed by atoms with van der Waals surface area (Å²) in [5, 5.41) is 12.3. The number of nitriles is 1. The van der Waals surface area contributed by atoms with Crippen molar-refractivity contribution < 1.29 is 4.74 Å². The van der Waals surface area contributed by atoms with E-state index in [0.29, 0.717) is 24.7 Å². The van der Waals surface area contributed by atoms with Crippen LogP contribution in [0.5, 0.6) is 0 Å². The molecule has 0 bridgehead atoms.